The Labute approximate surface area is 115 Å². The van der Waals surface area contributed by atoms with Crippen molar-refractivity contribution in [2.24, 2.45) is 0 Å². The van der Waals surface area contributed by atoms with Crippen molar-refractivity contribution in [2.75, 3.05) is 0 Å². The predicted molar refractivity (Wildman–Crippen MR) is 74.2 cm³/mol. The molecule has 92 valence electrons. The molecule has 0 radical (unpaired) electrons. The molecule has 1 N–H and O–H groups in total. The highest BCUT2D eigenvalue weighted by molar-refractivity contribution is 7.71. The minimum atomic E-state index is 0.350. The zero-order valence-electron chi connectivity index (χ0n) is 10.0. The fraction of sp³-hybridized carbons (Fsp3) is 0. The number of aromatic nitrogens is 4. The Balaban J connectivity index is 2.24. The van der Waals surface area contributed by atoms with E-state index in [0.717, 1.165) is 17.1 Å². The van der Waals surface area contributed by atoms with Crippen LogP contribution in [0.25, 0.3) is 17.1 Å². The van der Waals surface area contributed by atoms with Gasteiger partial charge in [-0.1, -0.05) is 36.4 Å². The summed E-state index contributed by atoms with van der Waals surface area (Å²) in [6.07, 6.45) is 0. The Morgan fingerprint density at radius 3 is 2.16 bits per heavy atom. The summed E-state index contributed by atoms with van der Waals surface area (Å²) in [7, 11) is 0. The van der Waals surface area contributed by atoms with Crippen molar-refractivity contribution in [3.8, 4) is 17.1 Å². The van der Waals surface area contributed by atoms with Gasteiger partial charge in [0.25, 0.3) is 4.77 Å². The third kappa shape index (κ3) is 2.41. The lowest BCUT2D eigenvalue weighted by Gasteiger charge is -2.01. The summed E-state index contributed by atoms with van der Waals surface area (Å²) in [5.41, 5.74) is 1.94. The second kappa shape index (κ2) is 5.07. The Morgan fingerprint density at radius 1 is 0.842 bits per heavy atom. The summed E-state index contributed by atoms with van der Waals surface area (Å²) in [4.78, 5) is 0. The molecular formula is C14H11N4S+. The van der Waals surface area contributed by atoms with E-state index in [1.807, 2.05) is 65.3 Å². The lowest BCUT2D eigenvalue weighted by Crippen LogP contribution is -2.39. The van der Waals surface area contributed by atoms with E-state index in [9.17, 15) is 0 Å². The van der Waals surface area contributed by atoms with Crippen LogP contribution in [-0.2, 0) is 0 Å². The average molecular weight is 267 g/mol. The van der Waals surface area contributed by atoms with Gasteiger partial charge in [0.05, 0.1) is 10.7 Å². The second-order valence-corrected chi connectivity index (χ2v) is 4.36. The summed E-state index contributed by atoms with van der Waals surface area (Å²) < 4.78 is 2.19. The lowest BCUT2D eigenvalue weighted by atomic mass is 10.2. The SMILES string of the molecule is S=c1nnc(-c2ccccc2)[n+](-c2ccccc2)[nH]1. The molecule has 0 amide bonds. The molecule has 0 fully saturated rings. The topological polar surface area (TPSA) is 45.5 Å². The second-order valence-electron chi connectivity index (χ2n) is 3.98. The molecule has 0 saturated carbocycles. The Kier molecular flexibility index (Phi) is 3.12. The molecule has 2 aromatic carbocycles. The van der Waals surface area contributed by atoms with Crippen molar-refractivity contribution in [3.05, 3.63) is 65.4 Å². The highest BCUT2D eigenvalue weighted by Gasteiger charge is 2.18. The van der Waals surface area contributed by atoms with Crippen LogP contribution in [0.1, 0.15) is 0 Å². The van der Waals surface area contributed by atoms with Gasteiger partial charge >= 0.3 is 5.82 Å². The molecule has 0 aliphatic carbocycles. The maximum atomic E-state index is 5.06. The van der Waals surface area contributed by atoms with Gasteiger partial charge in [-0.15, -0.1) is 4.68 Å². The molecule has 4 nitrogen and oxygen atoms in total. The third-order valence-electron chi connectivity index (χ3n) is 2.70. The minimum Gasteiger partial charge on any atom is -0.190 e. The number of hydrogen-bond acceptors (Lipinski definition) is 3. The molecule has 3 aromatic rings. The number of nitrogens with one attached hydrogen (secondary N) is 1. The van der Waals surface area contributed by atoms with E-state index < -0.39 is 0 Å². The van der Waals surface area contributed by atoms with E-state index in [1.54, 1.807) is 0 Å². The van der Waals surface area contributed by atoms with E-state index in [4.69, 9.17) is 12.2 Å². The molecule has 1 heterocycles. The number of H-pyrrole nitrogens is 1. The number of benzene rings is 2. The maximum absolute atomic E-state index is 5.06. The van der Waals surface area contributed by atoms with Crippen molar-refractivity contribution in [1.29, 1.82) is 0 Å². The fourth-order valence-electron chi connectivity index (χ4n) is 1.85. The van der Waals surface area contributed by atoms with Crippen molar-refractivity contribution >= 4 is 12.2 Å². The molecular weight excluding hydrogens is 256 g/mol. The summed E-state index contributed by atoms with van der Waals surface area (Å²) in [6.45, 7) is 0. The first kappa shape index (κ1) is 11.7. The largest absolute Gasteiger partial charge is 0.381 e. The monoisotopic (exact) mass is 267 g/mol. The Hall–Kier alpha value is -2.40. The molecule has 0 bridgehead atoms. The van der Waals surface area contributed by atoms with Crippen LogP contribution < -0.4 is 4.68 Å². The average Bonchev–Trinajstić information content (AvgIpc) is 2.49. The quantitative estimate of drug-likeness (QED) is 0.573. The van der Waals surface area contributed by atoms with Crippen LogP contribution in [0.5, 0.6) is 0 Å². The smallest absolute Gasteiger partial charge is 0.190 e. The van der Waals surface area contributed by atoms with Crippen molar-refractivity contribution in [1.82, 2.24) is 15.3 Å². The van der Waals surface area contributed by atoms with Crippen LogP contribution in [0.2, 0.25) is 0 Å². The number of hydrogen-bond donors (Lipinski definition) is 1. The molecule has 0 aliphatic rings. The predicted octanol–water partition coefficient (Wildman–Crippen LogP) is 2.48. The molecule has 0 saturated heterocycles. The van der Waals surface area contributed by atoms with Crippen molar-refractivity contribution < 1.29 is 4.68 Å². The normalized spacial score (nSPS) is 10.3. The van der Waals surface area contributed by atoms with Crippen molar-refractivity contribution in [2.45, 2.75) is 0 Å². The van der Waals surface area contributed by atoms with Crippen LogP contribution in [-0.4, -0.2) is 15.3 Å². The first-order valence-electron chi connectivity index (χ1n) is 5.84. The van der Waals surface area contributed by atoms with E-state index in [1.165, 1.54) is 0 Å². The van der Waals surface area contributed by atoms with Gasteiger partial charge in [-0.25, -0.2) is 0 Å². The maximum Gasteiger partial charge on any atom is 0.381 e. The van der Waals surface area contributed by atoms with Gasteiger partial charge in [0.1, 0.15) is 0 Å². The molecule has 0 unspecified atom stereocenters. The molecule has 19 heavy (non-hydrogen) atoms. The van der Waals surface area contributed by atoms with Gasteiger partial charge < -0.3 is 0 Å². The minimum absolute atomic E-state index is 0.350. The van der Waals surface area contributed by atoms with Crippen molar-refractivity contribution in [3.63, 3.8) is 0 Å². The fourth-order valence-corrected chi connectivity index (χ4v) is 1.98. The first-order chi connectivity index (χ1) is 9.34. The molecule has 3 rings (SSSR count). The summed E-state index contributed by atoms with van der Waals surface area (Å²) in [5.74, 6) is 0.723. The number of nitrogens with zero attached hydrogens (tertiary/aromatic N) is 3. The van der Waals surface area contributed by atoms with Crippen LogP contribution in [0, 0.1) is 4.77 Å². The molecule has 0 spiro atoms. The summed E-state index contributed by atoms with van der Waals surface area (Å²) in [5, 5.41) is 11.2. The van der Waals surface area contributed by atoms with Crippen LogP contribution in [0.3, 0.4) is 0 Å². The molecule has 0 atom stereocenters. The Bertz CT molecular complexity index is 738. The molecule has 1 aromatic heterocycles. The highest BCUT2D eigenvalue weighted by atomic mass is 32.1. The van der Waals surface area contributed by atoms with Gasteiger partial charge in [-0.2, -0.15) is 5.10 Å². The summed E-state index contributed by atoms with van der Waals surface area (Å²) in [6, 6.07) is 19.7. The van der Waals surface area contributed by atoms with E-state index in [0.29, 0.717) is 4.77 Å². The van der Waals surface area contributed by atoms with Crippen LogP contribution >= 0.6 is 12.2 Å². The van der Waals surface area contributed by atoms with Gasteiger partial charge in [-0.3, -0.25) is 0 Å². The summed E-state index contributed by atoms with van der Waals surface area (Å²) >= 11 is 5.06. The standard InChI is InChI=1S/C14H10N4S/c19-14-16-15-13(11-7-3-1-4-8-11)18(17-14)12-9-5-2-6-10-12/h1-10H/p+1. The lowest BCUT2D eigenvalue weighted by molar-refractivity contribution is -0.653. The molecule has 5 heteroatoms. The Morgan fingerprint density at radius 2 is 1.47 bits per heavy atom. The van der Waals surface area contributed by atoms with Crippen LogP contribution in [0.15, 0.2) is 60.7 Å². The van der Waals surface area contributed by atoms with E-state index in [2.05, 4.69) is 15.3 Å². The third-order valence-corrected chi connectivity index (χ3v) is 2.87. The zero-order valence-corrected chi connectivity index (χ0v) is 10.8. The van der Waals surface area contributed by atoms with Gasteiger partial charge in [0.2, 0.25) is 0 Å². The molecule has 0 aliphatic heterocycles. The van der Waals surface area contributed by atoms with E-state index in [-0.39, 0.29) is 0 Å². The zero-order chi connectivity index (χ0) is 13.1. The van der Waals surface area contributed by atoms with Gasteiger partial charge in [-0.05, 0) is 41.6 Å². The highest BCUT2D eigenvalue weighted by Crippen LogP contribution is 2.12. The van der Waals surface area contributed by atoms with Gasteiger partial charge in [0, 0.05) is 0 Å². The first-order valence-corrected chi connectivity index (χ1v) is 6.25. The number of rotatable bonds is 2. The number of para-hydroxylation sites is 1. The van der Waals surface area contributed by atoms with Gasteiger partial charge in [0.15, 0.2) is 5.69 Å². The van der Waals surface area contributed by atoms with Crippen LogP contribution in [0.4, 0.5) is 0 Å². The number of aromatic amines is 1. The van der Waals surface area contributed by atoms with E-state index >= 15 is 0 Å².